The molecule has 0 radical (unpaired) electrons. The van der Waals surface area contributed by atoms with Gasteiger partial charge in [-0.25, -0.2) is 0 Å². The van der Waals surface area contributed by atoms with Crippen LogP contribution < -0.4 is 5.32 Å². The summed E-state index contributed by atoms with van der Waals surface area (Å²) in [7, 11) is 0. The number of fused-ring (bicyclic) bond motifs is 1. The largest absolute Gasteiger partial charge is 0.322 e. The van der Waals surface area contributed by atoms with Gasteiger partial charge in [0.2, 0.25) is 11.8 Å². The van der Waals surface area contributed by atoms with Crippen molar-refractivity contribution in [1.82, 2.24) is 10.2 Å². The van der Waals surface area contributed by atoms with Crippen LogP contribution >= 0.6 is 22.6 Å². The molecule has 0 spiro atoms. The maximum Gasteiger partial charge on any atom is 0.255 e. The standard InChI is InChI=1S/C19H15IN2O3/c20-12-4-1-3-11(9-12)13-5-2-6-14-15(13)10-22(19(14)25)16-7-8-17(23)21-18(16)24/h1-6,9,16H,7-8,10H2,(H,21,23,24). The molecule has 2 aliphatic rings. The number of hydrogen-bond acceptors (Lipinski definition) is 3. The Hall–Kier alpha value is -2.22. The van der Waals surface area contributed by atoms with E-state index < -0.39 is 6.04 Å². The Kier molecular flexibility index (Phi) is 4.07. The second kappa shape index (κ2) is 6.25. The van der Waals surface area contributed by atoms with E-state index in [1.165, 1.54) is 0 Å². The molecule has 2 heterocycles. The average molecular weight is 446 g/mol. The number of carbonyl (C=O) groups is 3. The molecule has 1 unspecified atom stereocenters. The van der Waals surface area contributed by atoms with Gasteiger partial charge in [-0.1, -0.05) is 24.3 Å². The third-order valence-electron chi connectivity index (χ3n) is 4.72. The molecule has 4 rings (SSSR count). The first-order valence-corrected chi connectivity index (χ1v) is 9.15. The molecule has 2 aromatic rings. The van der Waals surface area contributed by atoms with Crippen molar-refractivity contribution in [2.75, 3.05) is 0 Å². The number of rotatable bonds is 2. The van der Waals surface area contributed by atoms with Crippen LogP contribution in [0.3, 0.4) is 0 Å². The number of amides is 3. The van der Waals surface area contributed by atoms with E-state index in [-0.39, 0.29) is 24.1 Å². The number of nitrogens with one attached hydrogen (secondary N) is 1. The summed E-state index contributed by atoms with van der Waals surface area (Å²) in [6.45, 7) is 0.391. The summed E-state index contributed by atoms with van der Waals surface area (Å²) in [4.78, 5) is 37.9. The van der Waals surface area contributed by atoms with Crippen molar-refractivity contribution < 1.29 is 14.4 Å². The van der Waals surface area contributed by atoms with E-state index in [2.05, 4.69) is 34.0 Å². The zero-order valence-corrected chi connectivity index (χ0v) is 15.4. The normalized spacial score (nSPS) is 19.8. The second-order valence-electron chi connectivity index (χ2n) is 6.24. The third-order valence-corrected chi connectivity index (χ3v) is 5.39. The Bertz CT molecular complexity index is 909. The molecule has 0 bridgehead atoms. The topological polar surface area (TPSA) is 66.5 Å². The molecule has 126 valence electrons. The van der Waals surface area contributed by atoms with Gasteiger partial charge in [0.15, 0.2) is 0 Å². The van der Waals surface area contributed by atoms with Gasteiger partial charge in [-0.3, -0.25) is 19.7 Å². The van der Waals surface area contributed by atoms with Crippen LogP contribution in [0.5, 0.6) is 0 Å². The number of halogens is 1. The minimum Gasteiger partial charge on any atom is -0.322 e. The molecule has 1 atom stereocenters. The monoisotopic (exact) mass is 446 g/mol. The van der Waals surface area contributed by atoms with Gasteiger partial charge in [-0.2, -0.15) is 0 Å². The number of nitrogens with zero attached hydrogens (tertiary/aromatic N) is 1. The van der Waals surface area contributed by atoms with E-state index in [1.807, 2.05) is 30.3 Å². The van der Waals surface area contributed by atoms with Crippen LogP contribution in [-0.2, 0) is 16.1 Å². The van der Waals surface area contributed by atoms with Crippen molar-refractivity contribution >= 4 is 40.3 Å². The Morgan fingerprint density at radius 1 is 1.04 bits per heavy atom. The highest BCUT2D eigenvalue weighted by molar-refractivity contribution is 14.1. The molecule has 1 saturated heterocycles. The molecule has 5 nitrogen and oxygen atoms in total. The van der Waals surface area contributed by atoms with E-state index in [4.69, 9.17) is 0 Å². The molecule has 0 aliphatic carbocycles. The molecule has 0 aromatic heterocycles. The van der Waals surface area contributed by atoms with Gasteiger partial charge >= 0.3 is 0 Å². The smallest absolute Gasteiger partial charge is 0.255 e. The predicted octanol–water partition coefficient (Wildman–Crippen LogP) is 2.72. The van der Waals surface area contributed by atoms with Crippen LogP contribution in [-0.4, -0.2) is 28.7 Å². The summed E-state index contributed by atoms with van der Waals surface area (Å²) in [6.07, 6.45) is 0.642. The molecular formula is C19H15IN2O3. The molecule has 1 N–H and O–H groups in total. The van der Waals surface area contributed by atoms with E-state index in [0.717, 1.165) is 20.3 Å². The second-order valence-corrected chi connectivity index (χ2v) is 7.49. The highest BCUT2D eigenvalue weighted by atomic mass is 127. The lowest BCUT2D eigenvalue weighted by atomic mass is 9.97. The van der Waals surface area contributed by atoms with Gasteiger partial charge in [0.1, 0.15) is 6.04 Å². The van der Waals surface area contributed by atoms with Gasteiger partial charge in [-0.15, -0.1) is 0 Å². The molecule has 0 saturated carbocycles. The minimum atomic E-state index is -0.582. The van der Waals surface area contributed by atoms with Crippen molar-refractivity contribution in [3.8, 4) is 11.1 Å². The van der Waals surface area contributed by atoms with Crippen molar-refractivity contribution in [2.24, 2.45) is 0 Å². The summed E-state index contributed by atoms with van der Waals surface area (Å²) in [5.41, 5.74) is 3.65. The minimum absolute atomic E-state index is 0.142. The van der Waals surface area contributed by atoms with Crippen LogP contribution in [0.1, 0.15) is 28.8 Å². The van der Waals surface area contributed by atoms with Gasteiger partial charge in [0.25, 0.3) is 5.91 Å². The van der Waals surface area contributed by atoms with E-state index in [9.17, 15) is 14.4 Å². The van der Waals surface area contributed by atoms with E-state index >= 15 is 0 Å². The fourth-order valence-corrected chi connectivity index (χ4v) is 4.06. The van der Waals surface area contributed by atoms with Gasteiger partial charge in [0.05, 0.1) is 0 Å². The highest BCUT2D eigenvalue weighted by Gasteiger charge is 2.39. The SMILES string of the molecule is O=C1CCC(N2Cc3c(cccc3-c3cccc(I)c3)C2=O)C(=O)N1. The maximum atomic E-state index is 12.8. The zero-order valence-electron chi connectivity index (χ0n) is 13.3. The number of benzene rings is 2. The molecule has 2 aliphatic heterocycles. The number of hydrogen-bond donors (Lipinski definition) is 1. The molecule has 25 heavy (non-hydrogen) atoms. The molecule has 1 fully saturated rings. The first-order valence-electron chi connectivity index (χ1n) is 8.07. The third kappa shape index (κ3) is 2.84. The number of carbonyl (C=O) groups excluding carboxylic acids is 3. The van der Waals surface area contributed by atoms with Gasteiger partial charge < -0.3 is 4.90 Å². The summed E-state index contributed by atoms with van der Waals surface area (Å²) in [5, 5.41) is 2.33. The van der Waals surface area contributed by atoms with Crippen molar-refractivity contribution in [1.29, 1.82) is 0 Å². The van der Waals surface area contributed by atoms with Crippen LogP contribution in [0.4, 0.5) is 0 Å². The Labute approximate surface area is 158 Å². The van der Waals surface area contributed by atoms with Crippen LogP contribution in [0, 0.1) is 3.57 Å². The van der Waals surface area contributed by atoms with Gasteiger partial charge in [0, 0.05) is 22.1 Å². The van der Waals surface area contributed by atoms with E-state index in [1.54, 1.807) is 11.0 Å². The van der Waals surface area contributed by atoms with Crippen molar-refractivity contribution in [3.05, 3.63) is 57.2 Å². The van der Waals surface area contributed by atoms with Gasteiger partial charge in [-0.05, 0) is 63.9 Å². The molecular weight excluding hydrogens is 431 g/mol. The number of imide groups is 1. The summed E-state index contributed by atoms with van der Waals surface area (Å²) >= 11 is 2.27. The quantitative estimate of drug-likeness (QED) is 0.570. The fourth-order valence-electron chi connectivity index (χ4n) is 3.51. The van der Waals surface area contributed by atoms with E-state index in [0.29, 0.717) is 18.5 Å². The molecule has 6 heteroatoms. The predicted molar refractivity (Wildman–Crippen MR) is 101 cm³/mol. The molecule has 3 amide bonds. The van der Waals surface area contributed by atoms with Crippen molar-refractivity contribution in [2.45, 2.75) is 25.4 Å². The lowest BCUT2D eigenvalue weighted by molar-refractivity contribution is -0.136. The number of piperidine rings is 1. The zero-order chi connectivity index (χ0) is 17.6. The van der Waals surface area contributed by atoms with Crippen molar-refractivity contribution in [3.63, 3.8) is 0 Å². The summed E-state index contributed by atoms with van der Waals surface area (Å²) in [5.74, 6) is -0.796. The average Bonchev–Trinajstić information content (AvgIpc) is 2.92. The highest BCUT2D eigenvalue weighted by Crippen LogP contribution is 2.35. The first kappa shape index (κ1) is 16.3. The summed E-state index contributed by atoms with van der Waals surface area (Å²) < 4.78 is 1.12. The van der Waals surface area contributed by atoms with Crippen LogP contribution in [0.15, 0.2) is 42.5 Å². The summed E-state index contributed by atoms with van der Waals surface area (Å²) in [6, 6.07) is 13.2. The molecule has 2 aromatic carbocycles. The fraction of sp³-hybridized carbons (Fsp3) is 0.211. The Morgan fingerprint density at radius 3 is 2.56 bits per heavy atom. The van der Waals surface area contributed by atoms with Crippen LogP contribution in [0.2, 0.25) is 0 Å². The lowest BCUT2D eigenvalue weighted by Crippen LogP contribution is -2.52. The lowest BCUT2D eigenvalue weighted by Gasteiger charge is -2.29. The maximum absolute atomic E-state index is 12.8. The Morgan fingerprint density at radius 2 is 1.80 bits per heavy atom. The Balaban J connectivity index is 1.71. The van der Waals surface area contributed by atoms with Crippen LogP contribution in [0.25, 0.3) is 11.1 Å². The first-order chi connectivity index (χ1) is 12.0.